The molecule has 1 aromatic carbocycles. The summed E-state index contributed by atoms with van der Waals surface area (Å²) in [6.07, 6.45) is 3.46. The van der Waals surface area contributed by atoms with Gasteiger partial charge in [0.2, 0.25) is 0 Å². The van der Waals surface area contributed by atoms with Gasteiger partial charge in [-0.05, 0) is 25.2 Å². The molecule has 1 fully saturated rings. The Hall–Kier alpha value is -1.72. The van der Waals surface area contributed by atoms with Crippen molar-refractivity contribution in [2.45, 2.75) is 19.3 Å². The van der Waals surface area contributed by atoms with E-state index in [1.54, 1.807) is 5.38 Å². The summed E-state index contributed by atoms with van der Waals surface area (Å²) in [5.74, 6) is 0.682. The first-order chi connectivity index (χ1) is 10.8. The second-order valence-electron chi connectivity index (χ2n) is 5.53. The fourth-order valence-electron chi connectivity index (χ4n) is 2.09. The predicted octanol–water partition coefficient (Wildman–Crippen LogP) is 3.36. The minimum absolute atomic E-state index is 0.111. The molecular weight excluding hydrogens is 296 g/mol. The van der Waals surface area contributed by atoms with Gasteiger partial charge in [0.25, 0.3) is 5.91 Å². The topological polar surface area (TPSA) is 51.2 Å². The number of benzene rings is 1. The minimum Gasteiger partial charge on any atom is -0.381 e. The maximum atomic E-state index is 12.0. The molecule has 1 saturated carbocycles. The van der Waals surface area contributed by atoms with E-state index in [1.165, 1.54) is 24.2 Å². The first kappa shape index (κ1) is 15.2. The minimum atomic E-state index is -0.111. The molecule has 1 aromatic heterocycles. The highest BCUT2D eigenvalue weighted by molar-refractivity contribution is 7.13. The number of nitrogens with zero attached hydrogens (tertiary/aromatic N) is 1. The van der Waals surface area contributed by atoms with Gasteiger partial charge in [-0.2, -0.15) is 0 Å². The summed E-state index contributed by atoms with van der Waals surface area (Å²) in [5.41, 5.74) is 1.53. The quantitative estimate of drug-likeness (QED) is 0.760. The smallest absolute Gasteiger partial charge is 0.270 e. The van der Waals surface area contributed by atoms with Crippen molar-refractivity contribution >= 4 is 17.2 Å². The Bertz CT molecular complexity index is 608. The SMILES string of the molecule is O=C(NCCCOCC1CC1)c1csc(-c2ccccc2)n1. The van der Waals surface area contributed by atoms with Crippen LogP contribution in [-0.2, 0) is 4.74 Å². The molecule has 0 bridgehead atoms. The summed E-state index contributed by atoms with van der Waals surface area (Å²) < 4.78 is 5.54. The van der Waals surface area contributed by atoms with Crippen LogP contribution < -0.4 is 5.32 Å². The lowest BCUT2D eigenvalue weighted by Gasteiger charge is -2.04. The molecule has 2 aromatic rings. The van der Waals surface area contributed by atoms with Gasteiger partial charge in [-0.15, -0.1) is 11.3 Å². The van der Waals surface area contributed by atoms with Gasteiger partial charge in [0.15, 0.2) is 0 Å². The second-order valence-corrected chi connectivity index (χ2v) is 6.39. The van der Waals surface area contributed by atoms with Crippen LogP contribution >= 0.6 is 11.3 Å². The Morgan fingerprint density at radius 3 is 2.91 bits per heavy atom. The lowest BCUT2D eigenvalue weighted by molar-refractivity contribution is 0.0933. The fraction of sp³-hybridized carbons (Fsp3) is 0.412. The van der Waals surface area contributed by atoms with Gasteiger partial charge in [-0.25, -0.2) is 4.98 Å². The molecule has 1 N–H and O–H groups in total. The van der Waals surface area contributed by atoms with Crippen LogP contribution in [0.5, 0.6) is 0 Å². The average Bonchev–Trinajstić information content (AvgIpc) is 3.24. The summed E-state index contributed by atoms with van der Waals surface area (Å²) in [5, 5.41) is 5.57. The fourth-order valence-corrected chi connectivity index (χ4v) is 2.90. The molecule has 0 spiro atoms. The third kappa shape index (κ3) is 4.39. The maximum absolute atomic E-state index is 12.0. The van der Waals surface area contributed by atoms with Crippen LogP contribution in [0.15, 0.2) is 35.7 Å². The normalized spacial score (nSPS) is 14.0. The van der Waals surface area contributed by atoms with E-state index >= 15 is 0 Å². The molecule has 4 nitrogen and oxygen atoms in total. The zero-order valence-electron chi connectivity index (χ0n) is 12.5. The first-order valence-electron chi connectivity index (χ1n) is 7.70. The van der Waals surface area contributed by atoms with Crippen molar-refractivity contribution in [1.82, 2.24) is 10.3 Å². The molecule has 0 atom stereocenters. The Balaban J connectivity index is 1.41. The molecule has 3 rings (SSSR count). The molecule has 0 unspecified atom stereocenters. The van der Waals surface area contributed by atoms with E-state index in [9.17, 15) is 4.79 Å². The number of aromatic nitrogens is 1. The molecular formula is C17H20N2O2S. The van der Waals surface area contributed by atoms with E-state index in [0.29, 0.717) is 18.8 Å². The van der Waals surface area contributed by atoms with Crippen molar-refractivity contribution < 1.29 is 9.53 Å². The molecule has 1 heterocycles. The number of thiazole rings is 1. The van der Waals surface area contributed by atoms with Gasteiger partial charge in [0, 0.05) is 30.7 Å². The van der Waals surface area contributed by atoms with E-state index in [4.69, 9.17) is 4.74 Å². The van der Waals surface area contributed by atoms with Gasteiger partial charge < -0.3 is 10.1 Å². The van der Waals surface area contributed by atoms with Crippen LogP contribution in [0.25, 0.3) is 10.6 Å². The Morgan fingerprint density at radius 1 is 1.32 bits per heavy atom. The third-order valence-corrected chi connectivity index (χ3v) is 4.45. The number of rotatable bonds is 8. The van der Waals surface area contributed by atoms with Crippen molar-refractivity contribution in [1.29, 1.82) is 0 Å². The number of amides is 1. The number of nitrogens with one attached hydrogen (secondary N) is 1. The summed E-state index contributed by atoms with van der Waals surface area (Å²) in [6, 6.07) is 9.90. The summed E-state index contributed by atoms with van der Waals surface area (Å²) in [4.78, 5) is 16.4. The van der Waals surface area contributed by atoms with Crippen molar-refractivity contribution in [3.63, 3.8) is 0 Å². The first-order valence-corrected chi connectivity index (χ1v) is 8.58. The molecule has 22 heavy (non-hydrogen) atoms. The summed E-state index contributed by atoms with van der Waals surface area (Å²) >= 11 is 1.49. The lowest BCUT2D eigenvalue weighted by Crippen LogP contribution is -2.25. The van der Waals surface area contributed by atoms with Gasteiger partial charge in [0.05, 0.1) is 0 Å². The summed E-state index contributed by atoms with van der Waals surface area (Å²) in [6.45, 7) is 2.21. The highest BCUT2D eigenvalue weighted by Gasteiger charge is 2.20. The van der Waals surface area contributed by atoms with Gasteiger partial charge in [0.1, 0.15) is 10.7 Å². The Kier molecular flexibility index (Phi) is 5.19. The van der Waals surface area contributed by atoms with Crippen molar-refractivity contribution in [3.8, 4) is 10.6 Å². The number of carbonyl (C=O) groups excluding carboxylic acids is 1. The van der Waals surface area contributed by atoms with Crippen LogP contribution in [0.3, 0.4) is 0 Å². The van der Waals surface area contributed by atoms with Gasteiger partial charge in [-0.3, -0.25) is 4.79 Å². The zero-order valence-corrected chi connectivity index (χ0v) is 13.3. The molecule has 0 saturated heterocycles. The number of hydrogen-bond donors (Lipinski definition) is 1. The zero-order chi connectivity index (χ0) is 15.2. The lowest BCUT2D eigenvalue weighted by atomic mass is 10.2. The van der Waals surface area contributed by atoms with Gasteiger partial charge >= 0.3 is 0 Å². The van der Waals surface area contributed by atoms with Crippen LogP contribution in [0.4, 0.5) is 0 Å². The third-order valence-electron chi connectivity index (χ3n) is 3.56. The number of hydrogen-bond acceptors (Lipinski definition) is 4. The van der Waals surface area contributed by atoms with E-state index in [2.05, 4.69) is 10.3 Å². The highest BCUT2D eigenvalue weighted by atomic mass is 32.1. The van der Waals surface area contributed by atoms with Crippen LogP contribution in [0, 0.1) is 5.92 Å². The molecule has 1 aliphatic rings. The maximum Gasteiger partial charge on any atom is 0.270 e. The molecule has 0 aliphatic heterocycles. The van der Waals surface area contributed by atoms with E-state index in [0.717, 1.165) is 29.5 Å². The Morgan fingerprint density at radius 2 is 2.14 bits per heavy atom. The van der Waals surface area contributed by atoms with E-state index in [1.807, 2.05) is 30.3 Å². The van der Waals surface area contributed by atoms with Crippen molar-refractivity contribution in [3.05, 3.63) is 41.4 Å². The standard InChI is InChI=1S/C17H20N2O2S/c20-16(18-9-4-10-21-11-13-7-8-13)15-12-22-17(19-15)14-5-2-1-3-6-14/h1-3,5-6,12-13H,4,7-11H2,(H,18,20). The number of carbonyl (C=O) groups is 1. The van der Waals surface area contributed by atoms with E-state index < -0.39 is 0 Å². The van der Waals surface area contributed by atoms with E-state index in [-0.39, 0.29) is 5.91 Å². The average molecular weight is 316 g/mol. The van der Waals surface area contributed by atoms with Crippen molar-refractivity contribution in [2.24, 2.45) is 5.92 Å². The molecule has 1 amide bonds. The van der Waals surface area contributed by atoms with Crippen LogP contribution in [-0.4, -0.2) is 30.6 Å². The summed E-state index contributed by atoms with van der Waals surface area (Å²) in [7, 11) is 0. The Labute approximate surface area is 134 Å². The highest BCUT2D eigenvalue weighted by Crippen LogP contribution is 2.28. The van der Waals surface area contributed by atoms with Crippen LogP contribution in [0.2, 0.25) is 0 Å². The number of ether oxygens (including phenoxy) is 1. The second kappa shape index (κ2) is 7.51. The predicted molar refractivity (Wildman–Crippen MR) is 88.0 cm³/mol. The molecule has 5 heteroatoms. The molecule has 1 aliphatic carbocycles. The van der Waals surface area contributed by atoms with Crippen molar-refractivity contribution in [2.75, 3.05) is 19.8 Å². The van der Waals surface area contributed by atoms with Gasteiger partial charge in [-0.1, -0.05) is 30.3 Å². The monoisotopic (exact) mass is 316 g/mol. The van der Waals surface area contributed by atoms with Crippen LogP contribution in [0.1, 0.15) is 29.8 Å². The molecule has 116 valence electrons. The molecule has 0 radical (unpaired) electrons. The largest absolute Gasteiger partial charge is 0.381 e.